The number of benzene rings is 2. The Morgan fingerprint density at radius 3 is 2.57 bits per heavy atom. The lowest BCUT2D eigenvalue weighted by Gasteiger charge is -2.13. The van der Waals surface area contributed by atoms with Crippen LogP contribution in [0.15, 0.2) is 54.6 Å². The average Bonchev–Trinajstić information content (AvgIpc) is 3.25. The van der Waals surface area contributed by atoms with Crippen LogP contribution in [0.1, 0.15) is 17.3 Å². The van der Waals surface area contributed by atoms with E-state index in [0.29, 0.717) is 30.2 Å². The Labute approximate surface area is 123 Å². The molecule has 0 radical (unpaired) electrons. The molecule has 0 bridgehead atoms. The van der Waals surface area contributed by atoms with Crippen LogP contribution in [0.2, 0.25) is 0 Å². The molecule has 1 aliphatic rings. The Kier molecular flexibility index (Phi) is 3.62. The molecule has 1 saturated heterocycles. The Hall–Kier alpha value is -2.33. The summed E-state index contributed by atoms with van der Waals surface area (Å²) in [6, 6.07) is 16.5. The number of anilines is 1. The van der Waals surface area contributed by atoms with Crippen molar-refractivity contribution < 1.29 is 14.3 Å². The number of amides is 1. The summed E-state index contributed by atoms with van der Waals surface area (Å²) >= 11 is 0. The summed E-state index contributed by atoms with van der Waals surface area (Å²) in [6.45, 7) is 3.19. The molecule has 108 valence electrons. The highest BCUT2D eigenvalue weighted by Crippen LogP contribution is 2.30. The Morgan fingerprint density at radius 2 is 1.86 bits per heavy atom. The maximum atomic E-state index is 12.2. The van der Waals surface area contributed by atoms with Crippen molar-refractivity contribution in [3.63, 3.8) is 0 Å². The van der Waals surface area contributed by atoms with E-state index in [0.717, 1.165) is 0 Å². The van der Waals surface area contributed by atoms with Crippen LogP contribution in [0, 0.1) is 0 Å². The quantitative estimate of drug-likeness (QED) is 0.858. The highest BCUT2D eigenvalue weighted by molar-refractivity contribution is 6.04. The summed E-state index contributed by atoms with van der Waals surface area (Å²) in [5, 5.41) is 2.88. The molecule has 1 fully saturated rings. The molecule has 0 saturated carbocycles. The first-order chi connectivity index (χ1) is 10.2. The molecule has 0 aromatic heterocycles. The van der Waals surface area contributed by atoms with Crippen molar-refractivity contribution in [2.24, 2.45) is 0 Å². The molecule has 0 aliphatic carbocycles. The number of carbonyl (C=O) groups excluding carboxylic acids is 1. The van der Waals surface area contributed by atoms with E-state index in [1.807, 2.05) is 49.4 Å². The number of rotatable bonds is 5. The molecule has 2 aromatic carbocycles. The zero-order chi connectivity index (χ0) is 14.7. The lowest BCUT2D eigenvalue weighted by molar-refractivity contribution is 0.102. The summed E-state index contributed by atoms with van der Waals surface area (Å²) < 4.78 is 11.1. The largest absolute Gasteiger partial charge is 0.488 e. The second-order valence-electron chi connectivity index (χ2n) is 5.34. The minimum atomic E-state index is -0.184. The first kappa shape index (κ1) is 13.6. The maximum absolute atomic E-state index is 12.2. The molecule has 4 nitrogen and oxygen atoms in total. The zero-order valence-electron chi connectivity index (χ0n) is 11.8. The van der Waals surface area contributed by atoms with Crippen LogP contribution in [0.25, 0.3) is 0 Å². The zero-order valence-corrected chi connectivity index (χ0v) is 11.8. The third-order valence-electron chi connectivity index (χ3n) is 3.34. The van der Waals surface area contributed by atoms with Crippen LogP contribution in [0.4, 0.5) is 5.69 Å². The summed E-state index contributed by atoms with van der Waals surface area (Å²) in [5.74, 6) is 0.499. The highest BCUT2D eigenvalue weighted by Gasteiger charge is 2.40. The molecule has 2 aromatic rings. The van der Waals surface area contributed by atoms with Gasteiger partial charge in [-0.3, -0.25) is 4.79 Å². The van der Waals surface area contributed by atoms with Crippen molar-refractivity contribution in [2.75, 3.05) is 18.5 Å². The SMILES string of the molecule is CC1(COc2ccccc2NC(=O)c2ccccc2)CO1. The highest BCUT2D eigenvalue weighted by atomic mass is 16.6. The number of epoxide rings is 1. The second-order valence-corrected chi connectivity index (χ2v) is 5.34. The molecular formula is C17H17NO3. The van der Waals surface area contributed by atoms with Crippen molar-refractivity contribution in [2.45, 2.75) is 12.5 Å². The number of hydrogen-bond donors (Lipinski definition) is 1. The summed E-state index contributed by atoms with van der Waals surface area (Å²) in [7, 11) is 0. The first-order valence-electron chi connectivity index (χ1n) is 6.88. The van der Waals surface area contributed by atoms with Crippen LogP contribution >= 0.6 is 0 Å². The third kappa shape index (κ3) is 3.41. The summed E-state index contributed by atoms with van der Waals surface area (Å²) in [5.41, 5.74) is 1.09. The molecule has 1 unspecified atom stereocenters. The van der Waals surface area contributed by atoms with Gasteiger partial charge in [-0.05, 0) is 31.2 Å². The molecule has 3 rings (SSSR count). The van der Waals surface area contributed by atoms with E-state index in [1.54, 1.807) is 12.1 Å². The summed E-state index contributed by atoms with van der Waals surface area (Å²) in [6.07, 6.45) is 0. The van der Waals surface area contributed by atoms with Gasteiger partial charge in [-0.15, -0.1) is 0 Å². The molecule has 1 atom stereocenters. The molecule has 1 heterocycles. The van der Waals surface area contributed by atoms with Crippen molar-refractivity contribution in [3.05, 3.63) is 60.2 Å². The van der Waals surface area contributed by atoms with Crippen LogP contribution in [0.3, 0.4) is 0 Å². The van der Waals surface area contributed by atoms with Crippen LogP contribution < -0.4 is 10.1 Å². The molecule has 1 amide bonds. The average molecular weight is 283 g/mol. The Balaban J connectivity index is 1.71. The lowest BCUT2D eigenvalue weighted by atomic mass is 10.2. The van der Waals surface area contributed by atoms with E-state index in [2.05, 4.69) is 5.32 Å². The third-order valence-corrected chi connectivity index (χ3v) is 3.34. The molecule has 21 heavy (non-hydrogen) atoms. The standard InChI is InChI=1S/C17H17NO3/c1-17(12-21-17)11-20-15-10-6-5-9-14(15)18-16(19)13-7-3-2-4-8-13/h2-10H,11-12H2,1H3,(H,18,19). The minimum absolute atomic E-state index is 0.152. The molecule has 4 heteroatoms. The predicted molar refractivity (Wildman–Crippen MR) is 80.7 cm³/mol. The van der Waals surface area contributed by atoms with Gasteiger partial charge in [-0.2, -0.15) is 0 Å². The van der Waals surface area contributed by atoms with Gasteiger partial charge in [0.1, 0.15) is 18.0 Å². The Morgan fingerprint density at radius 1 is 1.19 bits per heavy atom. The van der Waals surface area contributed by atoms with Crippen molar-refractivity contribution in [1.82, 2.24) is 0 Å². The van der Waals surface area contributed by atoms with E-state index < -0.39 is 0 Å². The van der Waals surface area contributed by atoms with Gasteiger partial charge in [0.2, 0.25) is 0 Å². The van der Waals surface area contributed by atoms with Gasteiger partial charge in [0.25, 0.3) is 5.91 Å². The van der Waals surface area contributed by atoms with E-state index in [4.69, 9.17) is 9.47 Å². The number of hydrogen-bond acceptors (Lipinski definition) is 3. The minimum Gasteiger partial charge on any atom is -0.488 e. The van der Waals surface area contributed by atoms with Gasteiger partial charge >= 0.3 is 0 Å². The van der Waals surface area contributed by atoms with Crippen LogP contribution in [-0.2, 0) is 4.74 Å². The van der Waals surface area contributed by atoms with Crippen molar-refractivity contribution in [1.29, 1.82) is 0 Å². The van der Waals surface area contributed by atoms with E-state index >= 15 is 0 Å². The fraction of sp³-hybridized carbons (Fsp3) is 0.235. The Bertz CT molecular complexity index is 635. The van der Waals surface area contributed by atoms with Gasteiger partial charge in [-0.25, -0.2) is 0 Å². The van der Waals surface area contributed by atoms with Crippen molar-refractivity contribution in [3.8, 4) is 5.75 Å². The predicted octanol–water partition coefficient (Wildman–Crippen LogP) is 3.11. The van der Waals surface area contributed by atoms with E-state index in [1.165, 1.54) is 0 Å². The number of para-hydroxylation sites is 2. The molecule has 1 N–H and O–H groups in total. The van der Waals surface area contributed by atoms with Gasteiger partial charge in [0, 0.05) is 5.56 Å². The van der Waals surface area contributed by atoms with Gasteiger partial charge in [0.15, 0.2) is 0 Å². The van der Waals surface area contributed by atoms with Gasteiger partial charge < -0.3 is 14.8 Å². The lowest BCUT2D eigenvalue weighted by Crippen LogP contribution is -2.18. The van der Waals surface area contributed by atoms with Crippen molar-refractivity contribution >= 4 is 11.6 Å². The van der Waals surface area contributed by atoms with Crippen LogP contribution in [-0.4, -0.2) is 24.7 Å². The van der Waals surface area contributed by atoms with Gasteiger partial charge in [0.05, 0.1) is 12.3 Å². The number of carbonyl (C=O) groups is 1. The van der Waals surface area contributed by atoms with Gasteiger partial charge in [-0.1, -0.05) is 30.3 Å². The van der Waals surface area contributed by atoms with Crippen LogP contribution in [0.5, 0.6) is 5.75 Å². The monoisotopic (exact) mass is 283 g/mol. The maximum Gasteiger partial charge on any atom is 0.255 e. The summed E-state index contributed by atoms with van der Waals surface area (Å²) in [4.78, 5) is 12.2. The van der Waals surface area contributed by atoms with E-state index in [9.17, 15) is 4.79 Å². The first-order valence-corrected chi connectivity index (χ1v) is 6.88. The smallest absolute Gasteiger partial charge is 0.255 e. The molecular weight excluding hydrogens is 266 g/mol. The fourth-order valence-electron chi connectivity index (χ4n) is 1.92. The normalized spacial score (nSPS) is 19.9. The molecule has 0 spiro atoms. The topological polar surface area (TPSA) is 50.9 Å². The number of ether oxygens (including phenoxy) is 2. The molecule has 1 aliphatic heterocycles. The van der Waals surface area contributed by atoms with E-state index in [-0.39, 0.29) is 11.5 Å². The fourth-order valence-corrected chi connectivity index (χ4v) is 1.92. The number of nitrogens with one attached hydrogen (secondary N) is 1. The second kappa shape index (κ2) is 5.58.